The molecule has 0 atom stereocenters. The molecule has 126 valence electrons. The van der Waals surface area contributed by atoms with Gasteiger partial charge in [-0.2, -0.15) is 0 Å². The highest BCUT2D eigenvalue weighted by Crippen LogP contribution is 2.28. The zero-order chi connectivity index (χ0) is 18.0. The monoisotopic (exact) mass is 337 g/mol. The van der Waals surface area contributed by atoms with Crippen LogP contribution in [0.15, 0.2) is 54.1 Å². The van der Waals surface area contributed by atoms with Gasteiger partial charge in [0.1, 0.15) is 17.1 Å². The molecule has 0 aliphatic heterocycles. The number of Topliss-reactive ketones (excluding diaryl/α,β-unsaturated/α-hetero) is 2. The second-order valence-electron chi connectivity index (χ2n) is 5.34. The summed E-state index contributed by atoms with van der Waals surface area (Å²) in [5, 5.41) is 12.8. The lowest BCUT2D eigenvalue weighted by molar-refractivity contribution is -0.118. The summed E-state index contributed by atoms with van der Waals surface area (Å²) in [5.74, 6) is -2.54. The molecule has 2 aromatic carbocycles. The van der Waals surface area contributed by atoms with Crippen LogP contribution in [0, 0.1) is 0 Å². The fraction of sp³-hybridized carbons (Fsp3) is 0.105. The molecular weight excluding hydrogens is 322 g/mol. The van der Waals surface area contributed by atoms with Crippen molar-refractivity contribution in [3.63, 3.8) is 0 Å². The molecule has 1 aliphatic rings. The summed E-state index contributed by atoms with van der Waals surface area (Å²) in [6.07, 6.45) is 0. The van der Waals surface area contributed by atoms with Crippen molar-refractivity contribution in [1.82, 2.24) is 0 Å². The van der Waals surface area contributed by atoms with E-state index in [1.807, 2.05) is 6.92 Å². The van der Waals surface area contributed by atoms with E-state index in [1.165, 1.54) is 12.1 Å². The van der Waals surface area contributed by atoms with E-state index in [9.17, 15) is 19.5 Å². The van der Waals surface area contributed by atoms with Crippen LogP contribution in [-0.4, -0.2) is 29.2 Å². The summed E-state index contributed by atoms with van der Waals surface area (Å²) >= 11 is 0. The third-order valence-corrected chi connectivity index (χ3v) is 3.75. The van der Waals surface area contributed by atoms with Crippen molar-refractivity contribution in [3.05, 3.63) is 65.2 Å². The third-order valence-electron chi connectivity index (χ3n) is 3.75. The Morgan fingerprint density at radius 3 is 2.28 bits per heavy atom. The van der Waals surface area contributed by atoms with Gasteiger partial charge in [-0.05, 0) is 31.2 Å². The van der Waals surface area contributed by atoms with Gasteiger partial charge in [-0.1, -0.05) is 24.3 Å². The molecule has 6 heteroatoms. The summed E-state index contributed by atoms with van der Waals surface area (Å²) in [5.41, 5.74) is 0.108. The smallest absolute Gasteiger partial charge is 0.263 e. The van der Waals surface area contributed by atoms with E-state index in [0.717, 1.165) is 0 Å². The Balaban J connectivity index is 1.91. The SMILES string of the molecule is CCOc1ccc(NC(=O)C2=C(O)c3ccccc3C(=O)C2=O)cc1. The zero-order valence-corrected chi connectivity index (χ0v) is 13.4. The fourth-order valence-electron chi connectivity index (χ4n) is 2.57. The standard InChI is InChI=1S/C19H15NO5/c1-2-25-12-9-7-11(8-10-12)20-19(24)15-16(21)13-5-3-4-6-14(13)17(22)18(15)23/h3-10,21H,2H2,1H3,(H,20,24). The van der Waals surface area contributed by atoms with Crippen molar-refractivity contribution in [3.8, 4) is 5.75 Å². The van der Waals surface area contributed by atoms with Crippen LogP contribution in [0.4, 0.5) is 5.69 Å². The quantitative estimate of drug-likeness (QED) is 0.661. The average molecular weight is 337 g/mol. The van der Waals surface area contributed by atoms with Crippen molar-refractivity contribution in [1.29, 1.82) is 0 Å². The Morgan fingerprint density at radius 1 is 1.00 bits per heavy atom. The molecule has 0 saturated carbocycles. The number of nitrogens with one attached hydrogen (secondary N) is 1. The summed E-state index contributed by atoms with van der Waals surface area (Å²) in [6, 6.07) is 12.6. The first kappa shape index (κ1) is 16.4. The number of hydrogen-bond acceptors (Lipinski definition) is 5. The van der Waals surface area contributed by atoms with Crippen LogP contribution in [0.1, 0.15) is 22.8 Å². The lowest BCUT2D eigenvalue weighted by atomic mass is 9.88. The molecular formula is C19H15NO5. The maximum absolute atomic E-state index is 12.4. The number of ether oxygens (including phenoxy) is 1. The van der Waals surface area contributed by atoms with E-state index < -0.39 is 28.8 Å². The second kappa shape index (κ2) is 6.60. The molecule has 0 radical (unpaired) electrons. The Bertz CT molecular complexity index is 896. The molecule has 25 heavy (non-hydrogen) atoms. The van der Waals surface area contributed by atoms with Crippen LogP contribution in [0.2, 0.25) is 0 Å². The third kappa shape index (κ3) is 3.01. The average Bonchev–Trinajstić information content (AvgIpc) is 2.62. The highest BCUT2D eigenvalue weighted by molar-refractivity contribution is 6.57. The molecule has 0 aromatic heterocycles. The van der Waals surface area contributed by atoms with Crippen LogP contribution in [0.5, 0.6) is 5.75 Å². The zero-order valence-electron chi connectivity index (χ0n) is 13.4. The Morgan fingerprint density at radius 2 is 1.64 bits per heavy atom. The minimum absolute atomic E-state index is 0.0858. The van der Waals surface area contributed by atoms with E-state index in [0.29, 0.717) is 18.0 Å². The molecule has 1 aliphatic carbocycles. The predicted octanol–water partition coefficient (Wildman–Crippen LogP) is 2.76. The van der Waals surface area contributed by atoms with Gasteiger partial charge in [-0.25, -0.2) is 0 Å². The highest BCUT2D eigenvalue weighted by atomic mass is 16.5. The molecule has 0 unspecified atom stereocenters. The summed E-state index contributed by atoms with van der Waals surface area (Å²) in [7, 11) is 0. The molecule has 2 aromatic rings. The second-order valence-corrected chi connectivity index (χ2v) is 5.34. The molecule has 0 spiro atoms. The van der Waals surface area contributed by atoms with Gasteiger partial charge >= 0.3 is 0 Å². The number of rotatable bonds is 4. The number of carbonyl (C=O) groups is 3. The van der Waals surface area contributed by atoms with Gasteiger partial charge in [-0.3, -0.25) is 14.4 Å². The lowest BCUT2D eigenvalue weighted by Crippen LogP contribution is -2.31. The van der Waals surface area contributed by atoms with Crippen LogP contribution in [0.3, 0.4) is 0 Å². The van der Waals surface area contributed by atoms with E-state index in [-0.39, 0.29) is 11.1 Å². The minimum Gasteiger partial charge on any atom is -0.506 e. The number of aliphatic hydroxyl groups is 1. The normalized spacial score (nSPS) is 13.5. The van der Waals surface area contributed by atoms with Crippen molar-refractivity contribution in [2.24, 2.45) is 0 Å². The molecule has 0 bridgehead atoms. The topological polar surface area (TPSA) is 92.7 Å². The van der Waals surface area contributed by atoms with Crippen LogP contribution in [0.25, 0.3) is 5.76 Å². The first-order valence-electron chi connectivity index (χ1n) is 7.68. The number of carbonyl (C=O) groups excluding carboxylic acids is 3. The maximum Gasteiger partial charge on any atom is 0.263 e. The number of amides is 1. The Labute approximate surface area is 143 Å². The Hall–Kier alpha value is -3.41. The number of benzene rings is 2. The van der Waals surface area contributed by atoms with Crippen molar-refractivity contribution < 1.29 is 24.2 Å². The fourth-order valence-corrected chi connectivity index (χ4v) is 2.57. The minimum atomic E-state index is -1.03. The summed E-state index contributed by atoms with van der Waals surface area (Å²) in [6.45, 7) is 2.37. The molecule has 1 amide bonds. The predicted molar refractivity (Wildman–Crippen MR) is 91.6 cm³/mol. The van der Waals surface area contributed by atoms with Gasteiger partial charge in [0.15, 0.2) is 0 Å². The highest BCUT2D eigenvalue weighted by Gasteiger charge is 2.36. The van der Waals surface area contributed by atoms with Gasteiger partial charge in [-0.15, -0.1) is 0 Å². The maximum atomic E-state index is 12.4. The lowest BCUT2D eigenvalue weighted by Gasteiger charge is -2.17. The number of anilines is 1. The van der Waals surface area contributed by atoms with Crippen LogP contribution >= 0.6 is 0 Å². The van der Waals surface area contributed by atoms with Gasteiger partial charge in [0.05, 0.1) is 6.61 Å². The van der Waals surface area contributed by atoms with Crippen molar-refractivity contribution >= 4 is 28.9 Å². The number of hydrogen-bond donors (Lipinski definition) is 2. The van der Waals surface area contributed by atoms with E-state index >= 15 is 0 Å². The van der Waals surface area contributed by atoms with E-state index in [1.54, 1.807) is 36.4 Å². The molecule has 3 rings (SSSR count). The summed E-state index contributed by atoms with van der Waals surface area (Å²) < 4.78 is 5.31. The van der Waals surface area contributed by atoms with Gasteiger partial charge in [0, 0.05) is 16.8 Å². The van der Waals surface area contributed by atoms with Gasteiger partial charge in [0.25, 0.3) is 5.91 Å². The van der Waals surface area contributed by atoms with Crippen LogP contribution in [-0.2, 0) is 9.59 Å². The molecule has 6 nitrogen and oxygen atoms in total. The first-order chi connectivity index (χ1) is 12.0. The number of aliphatic hydroxyl groups excluding tert-OH is 1. The number of ketones is 2. The first-order valence-corrected chi connectivity index (χ1v) is 7.68. The van der Waals surface area contributed by atoms with Crippen LogP contribution < -0.4 is 10.1 Å². The Kier molecular flexibility index (Phi) is 4.35. The van der Waals surface area contributed by atoms with Gasteiger partial charge < -0.3 is 15.2 Å². The van der Waals surface area contributed by atoms with E-state index in [2.05, 4.69) is 5.32 Å². The number of fused-ring (bicyclic) bond motifs is 1. The molecule has 0 heterocycles. The summed E-state index contributed by atoms with van der Waals surface area (Å²) in [4.78, 5) is 36.8. The van der Waals surface area contributed by atoms with Crippen molar-refractivity contribution in [2.45, 2.75) is 6.92 Å². The molecule has 0 saturated heterocycles. The molecule has 2 N–H and O–H groups in total. The largest absolute Gasteiger partial charge is 0.506 e. The molecule has 0 fully saturated rings. The van der Waals surface area contributed by atoms with Crippen molar-refractivity contribution in [2.75, 3.05) is 11.9 Å². The van der Waals surface area contributed by atoms with E-state index in [4.69, 9.17) is 4.74 Å². The van der Waals surface area contributed by atoms with Gasteiger partial charge in [0.2, 0.25) is 11.6 Å².